The van der Waals surface area contributed by atoms with E-state index in [2.05, 4.69) is 10.2 Å². The summed E-state index contributed by atoms with van der Waals surface area (Å²) in [6.45, 7) is -0.516. The molecule has 0 bridgehead atoms. The van der Waals surface area contributed by atoms with E-state index in [-0.39, 0.29) is 11.7 Å². The van der Waals surface area contributed by atoms with E-state index < -0.39 is 6.67 Å². The molecule has 3 N–H and O–H groups in total. The van der Waals surface area contributed by atoms with Crippen molar-refractivity contribution in [1.29, 1.82) is 0 Å². The lowest BCUT2D eigenvalue weighted by molar-refractivity contribution is 0.486. The third-order valence-electron chi connectivity index (χ3n) is 4.26. The molecular weight excluding hydrogens is 295 g/mol. The Kier molecular flexibility index (Phi) is 3.12. The first-order valence-electron chi connectivity index (χ1n) is 7.39. The van der Waals surface area contributed by atoms with Gasteiger partial charge in [0, 0.05) is 0 Å². The van der Waals surface area contributed by atoms with Gasteiger partial charge in [0.05, 0.1) is 11.7 Å². The molecule has 1 atom stereocenters. The lowest BCUT2D eigenvalue weighted by Crippen LogP contribution is -2.28. The molecule has 0 spiro atoms. The number of alkyl halides is 1. The first-order valence-corrected chi connectivity index (χ1v) is 7.39. The Balaban J connectivity index is 1.89. The number of aromatic nitrogens is 3. The first-order chi connectivity index (χ1) is 11.2. The minimum absolute atomic E-state index is 0.298. The summed E-state index contributed by atoms with van der Waals surface area (Å²) in [4.78, 5) is 12.0. The number of fused-ring (bicyclic) bond motifs is 3. The number of nitrogens with one attached hydrogen (secondary N) is 1. The number of hydrogen-bond donors (Lipinski definition) is 2. The second kappa shape index (κ2) is 5.17. The van der Waals surface area contributed by atoms with Crippen LogP contribution in [-0.4, -0.2) is 14.8 Å². The lowest BCUT2D eigenvalue weighted by Gasteiger charge is -2.22. The maximum absolute atomic E-state index is 13.2. The Hall–Kier alpha value is -2.73. The van der Waals surface area contributed by atoms with Crippen molar-refractivity contribution in [2.24, 2.45) is 5.73 Å². The summed E-state index contributed by atoms with van der Waals surface area (Å²) in [6, 6.07) is 12.8. The molecule has 1 unspecified atom stereocenters. The minimum atomic E-state index is -0.516. The number of hydrogen-bond acceptors (Lipinski definition) is 3. The van der Waals surface area contributed by atoms with Crippen molar-refractivity contribution in [3.05, 3.63) is 69.9 Å². The smallest absolute Gasteiger partial charge is 0.321 e. The normalized spacial score (nSPS) is 16.0. The van der Waals surface area contributed by atoms with Gasteiger partial charge in [0.15, 0.2) is 5.82 Å². The van der Waals surface area contributed by atoms with Crippen molar-refractivity contribution in [1.82, 2.24) is 14.8 Å². The number of rotatable bonds is 2. The zero-order chi connectivity index (χ0) is 16.0. The highest BCUT2D eigenvalue weighted by atomic mass is 19.1. The fourth-order valence-electron chi connectivity index (χ4n) is 3.17. The molecule has 2 heterocycles. The molecule has 0 amide bonds. The van der Waals surface area contributed by atoms with E-state index in [1.165, 1.54) is 4.57 Å². The summed E-state index contributed by atoms with van der Waals surface area (Å²) in [7, 11) is 0. The molecule has 1 aliphatic rings. The van der Waals surface area contributed by atoms with Gasteiger partial charge in [0.2, 0.25) is 0 Å². The molecule has 0 radical (unpaired) electrons. The van der Waals surface area contributed by atoms with Crippen molar-refractivity contribution in [2.45, 2.75) is 19.1 Å². The van der Waals surface area contributed by atoms with Gasteiger partial charge in [-0.15, -0.1) is 0 Å². The molecule has 0 fully saturated rings. The van der Waals surface area contributed by atoms with E-state index in [9.17, 15) is 9.18 Å². The molecule has 0 aliphatic carbocycles. The van der Waals surface area contributed by atoms with Crippen LogP contribution >= 0.6 is 0 Å². The number of H-pyrrole nitrogens is 1. The van der Waals surface area contributed by atoms with Crippen LogP contribution in [0, 0.1) is 0 Å². The van der Waals surface area contributed by atoms with Gasteiger partial charge in [-0.2, -0.15) is 5.10 Å². The highest BCUT2D eigenvalue weighted by Gasteiger charge is 2.26. The van der Waals surface area contributed by atoms with Crippen molar-refractivity contribution in [2.75, 3.05) is 0 Å². The van der Waals surface area contributed by atoms with Crippen LogP contribution in [0.1, 0.15) is 23.0 Å². The second-order valence-electron chi connectivity index (χ2n) is 5.67. The van der Waals surface area contributed by atoms with E-state index in [1.54, 1.807) is 6.07 Å². The Morgan fingerprint density at radius 3 is 2.96 bits per heavy atom. The Morgan fingerprint density at radius 1 is 1.30 bits per heavy atom. The van der Waals surface area contributed by atoms with Crippen LogP contribution in [0.25, 0.3) is 16.8 Å². The van der Waals surface area contributed by atoms with Crippen molar-refractivity contribution >= 4 is 0 Å². The molecule has 0 saturated carbocycles. The quantitative estimate of drug-likeness (QED) is 0.762. The highest BCUT2D eigenvalue weighted by molar-refractivity contribution is 5.70. The highest BCUT2D eigenvalue weighted by Crippen LogP contribution is 2.32. The molecular formula is C17H15FN4O. The SMILES string of the molecule is NC1Cc2cc(-c3ccccc3CF)ccc2-n2c1n[nH]c2=O. The van der Waals surface area contributed by atoms with E-state index in [4.69, 9.17) is 5.73 Å². The summed E-state index contributed by atoms with van der Waals surface area (Å²) < 4.78 is 14.7. The van der Waals surface area contributed by atoms with Crippen LogP contribution in [0.5, 0.6) is 0 Å². The van der Waals surface area contributed by atoms with Crippen LogP contribution in [0.15, 0.2) is 47.3 Å². The fraction of sp³-hybridized carbons (Fsp3) is 0.176. The monoisotopic (exact) mass is 310 g/mol. The summed E-state index contributed by atoms with van der Waals surface area (Å²) in [5, 5.41) is 6.44. The van der Waals surface area contributed by atoms with Crippen LogP contribution < -0.4 is 11.4 Å². The zero-order valence-electron chi connectivity index (χ0n) is 12.3. The Labute approximate surface area is 131 Å². The zero-order valence-corrected chi connectivity index (χ0v) is 12.3. The van der Waals surface area contributed by atoms with Crippen LogP contribution in [0.2, 0.25) is 0 Å². The predicted octanol–water partition coefficient (Wildman–Crippen LogP) is 2.25. The molecule has 3 aromatic rings. The summed E-state index contributed by atoms with van der Waals surface area (Å²) >= 11 is 0. The van der Waals surface area contributed by atoms with Crippen LogP contribution in [-0.2, 0) is 13.1 Å². The first kappa shape index (κ1) is 13.9. The number of benzene rings is 2. The number of nitrogens with zero attached hydrogens (tertiary/aromatic N) is 2. The van der Waals surface area contributed by atoms with E-state index in [0.29, 0.717) is 17.8 Å². The van der Waals surface area contributed by atoms with Gasteiger partial charge < -0.3 is 5.73 Å². The van der Waals surface area contributed by atoms with Crippen LogP contribution in [0.3, 0.4) is 0 Å². The Morgan fingerprint density at radius 2 is 2.13 bits per heavy atom. The maximum Gasteiger partial charge on any atom is 0.347 e. The van der Waals surface area contributed by atoms with E-state index in [1.807, 2.05) is 36.4 Å². The van der Waals surface area contributed by atoms with Crippen molar-refractivity contribution in [3.63, 3.8) is 0 Å². The van der Waals surface area contributed by atoms with Gasteiger partial charge >= 0.3 is 5.69 Å². The summed E-state index contributed by atoms with van der Waals surface area (Å²) in [6.07, 6.45) is 0.589. The van der Waals surface area contributed by atoms with E-state index in [0.717, 1.165) is 22.4 Å². The molecule has 0 saturated heterocycles. The largest absolute Gasteiger partial charge is 0.347 e. The third-order valence-corrected chi connectivity index (χ3v) is 4.26. The van der Waals surface area contributed by atoms with Crippen molar-refractivity contribution < 1.29 is 4.39 Å². The topological polar surface area (TPSA) is 76.7 Å². The standard InChI is InChI=1S/C17H15FN4O/c18-9-11-3-1-2-4-13(11)10-5-6-15-12(7-10)8-14(19)16-20-21-17(23)22(15)16/h1-7,14H,8-9,19H2,(H,21,23). The van der Waals surface area contributed by atoms with Gasteiger partial charge in [-0.05, 0) is 40.8 Å². The number of aromatic amines is 1. The molecule has 116 valence electrons. The van der Waals surface area contributed by atoms with E-state index >= 15 is 0 Å². The summed E-state index contributed by atoms with van der Waals surface area (Å²) in [5.41, 5.74) is 9.98. The molecule has 23 heavy (non-hydrogen) atoms. The Bertz CT molecular complexity index is 944. The van der Waals surface area contributed by atoms with Gasteiger partial charge in [-0.1, -0.05) is 30.3 Å². The predicted molar refractivity (Wildman–Crippen MR) is 85.1 cm³/mol. The second-order valence-corrected chi connectivity index (χ2v) is 5.67. The molecule has 6 heteroatoms. The maximum atomic E-state index is 13.2. The van der Waals surface area contributed by atoms with Crippen LogP contribution in [0.4, 0.5) is 4.39 Å². The van der Waals surface area contributed by atoms with Gasteiger partial charge in [-0.3, -0.25) is 0 Å². The number of halogens is 1. The molecule has 2 aromatic carbocycles. The summed E-state index contributed by atoms with van der Waals surface area (Å²) in [5.74, 6) is 0.541. The average molecular weight is 310 g/mol. The lowest BCUT2D eigenvalue weighted by atomic mass is 9.93. The average Bonchev–Trinajstić information content (AvgIpc) is 2.97. The molecule has 5 nitrogen and oxygen atoms in total. The molecule has 1 aliphatic heterocycles. The third kappa shape index (κ3) is 2.10. The number of nitrogens with two attached hydrogens (primary N) is 1. The van der Waals surface area contributed by atoms with Gasteiger partial charge in [0.25, 0.3) is 0 Å². The molecule has 4 rings (SSSR count). The van der Waals surface area contributed by atoms with Gasteiger partial charge in [0.1, 0.15) is 6.67 Å². The minimum Gasteiger partial charge on any atom is -0.321 e. The fourth-order valence-corrected chi connectivity index (χ4v) is 3.17. The molecule has 1 aromatic heterocycles. The van der Waals surface area contributed by atoms with Gasteiger partial charge in [-0.25, -0.2) is 18.9 Å². The van der Waals surface area contributed by atoms with Crippen molar-refractivity contribution in [3.8, 4) is 16.8 Å².